The maximum atomic E-state index is 10.9. The molecule has 1 rings (SSSR count). The summed E-state index contributed by atoms with van der Waals surface area (Å²) in [5.74, 6) is -0.193. The van der Waals surface area contributed by atoms with Crippen LogP contribution >= 0.6 is 0 Å². The zero-order valence-corrected chi connectivity index (χ0v) is 6.34. The molecule has 6 heteroatoms. The number of amides is 1. The van der Waals surface area contributed by atoms with Gasteiger partial charge in [-0.1, -0.05) is 5.11 Å². The molecule has 0 saturated carbocycles. The van der Waals surface area contributed by atoms with Gasteiger partial charge in [-0.2, -0.15) is 5.26 Å². The molecule has 62 valence electrons. The van der Waals surface area contributed by atoms with E-state index in [4.69, 9.17) is 10.8 Å². The van der Waals surface area contributed by atoms with E-state index in [9.17, 15) is 4.79 Å². The zero-order chi connectivity index (χ0) is 8.97. The van der Waals surface area contributed by atoms with Gasteiger partial charge in [-0.05, 0) is 5.53 Å². The van der Waals surface area contributed by atoms with Gasteiger partial charge in [0, 0.05) is 18.0 Å². The van der Waals surface area contributed by atoms with Gasteiger partial charge in [0.15, 0.2) is 0 Å². The van der Waals surface area contributed by atoms with Gasteiger partial charge in [0.05, 0.1) is 12.1 Å². The minimum absolute atomic E-state index is 0.0943. The van der Waals surface area contributed by atoms with Crippen LogP contribution in [0.1, 0.15) is 6.42 Å². The van der Waals surface area contributed by atoms with Crippen LogP contribution in [0.4, 0.5) is 0 Å². The number of rotatable bonds is 2. The molecule has 1 amide bonds. The fraction of sp³-hybridized carbons (Fsp3) is 0.667. The van der Waals surface area contributed by atoms with Crippen LogP contribution in [-0.4, -0.2) is 29.9 Å². The van der Waals surface area contributed by atoms with E-state index < -0.39 is 0 Å². The van der Waals surface area contributed by atoms with E-state index in [-0.39, 0.29) is 18.4 Å². The third kappa shape index (κ3) is 1.65. The first-order valence-electron chi connectivity index (χ1n) is 3.47. The Hall–Kier alpha value is -1.73. The van der Waals surface area contributed by atoms with E-state index in [1.54, 1.807) is 6.07 Å². The number of azide groups is 1. The third-order valence-corrected chi connectivity index (χ3v) is 1.66. The van der Waals surface area contributed by atoms with Gasteiger partial charge in [0.25, 0.3) is 0 Å². The Labute approximate surface area is 69.0 Å². The van der Waals surface area contributed by atoms with Gasteiger partial charge in [0.1, 0.15) is 6.42 Å². The van der Waals surface area contributed by atoms with E-state index >= 15 is 0 Å². The van der Waals surface area contributed by atoms with Gasteiger partial charge in [0.2, 0.25) is 5.91 Å². The van der Waals surface area contributed by atoms with Crippen molar-refractivity contribution in [2.24, 2.45) is 5.11 Å². The molecule has 0 unspecified atom stereocenters. The van der Waals surface area contributed by atoms with Crippen molar-refractivity contribution < 1.29 is 4.79 Å². The van der Waals surface area contributed by atoms with E-state index in [0.717, 1.165) is 0 Å². The summed E-state index contributed by atoms with van der Waals surface area (Å²) >= 11 is 0. The van der Waals surface area contributed by atoms with Crippen molar-refractivity contribution in [3.63, 3.8) is 0 Å². The van der Waals surface area contributed by atoms with Crippen molar-refractivity contribution in [2.75, 3.05) is 13.1 Å². The van der Waals surface area contributed by atoms with Crippen molar-refractivity contribution >= 4 is 5.91 Å². The Morgan fingerprint density at radius 1 is 1.83 bits per heavy atom. The topological polar surface area (TPSA) is 92.9 Å². The minimum Gasteiger partial charge on any atom is -0.341 e. The molecule has 1 heterocycles. The highest BCUT2D eigenvalue weighted by Gasteiger charge is 2.28. The summed E-state index contributed by atoms with van der Waals surface area (Å²) in [6, 6.07) is 1.67. The van der Waals surface area contributed by atoms with Crippen molar-refractivity contribution in [2.45, 2.75) is 12.5 Å². The number of likely N-dealkylation sites (tertiary alicyclic amines) is 1. The largest absolute Gasteiger partial charge is 0.341 e. The van der Waals surface area contributed by atoms with Gasteiger partial charge >= 0.3 is 0 Å². The van der Waals surface area contributed by atoms with Crippen LogP contribution in [0.3, 0.4) is 0 Å². The summed E-state index contributed by atoms with van der Waals surface area (Å²) in [7, 11) is 0. The highest BCUT2D eigenvalue weighted by Crippen LogP contribution is 2.12. The molecule has 0 bridgehead atoms. The maximum absolute atomic E-state index is 10.9. The number of nitrogens with zero attached hydrogens (tertiary/aromatic N) is 5. The first kappa shape index (κ1) is 8.37. The molecule has 0 aliphatic carbocycles. The third-order valence-electron chi connectivity index (χ3n) is 1.66. The van der Waals surface area contributed by atoms with Crippen LogP contribution in [0, 0.1) is 11.3 Å². The Morgan fingerprint density at radius 2 is 2.50 bits per heavy atom. The molecular weight excluding hydrogens is 158 g/mol. The highest BCUT2D eigenvalue weighted by atomic mass is 16.2. The Morgan fingerprint density at radius 3 is 3.00 bits per heavy atom. The van der Waals surface area contributed by atoms with Crippen LogP contribution < -0.4 is 0 Å². The second kappa shape index (κ2) is 3.60. The Kier molecular flexibility index (Phi) is 2.51. The van der Waals surface area contributed by atoms with Gasteiger partial charge in [-0.15, -0.1) is 0 Å². The Bertz CT molecular complexity index is 268. The molecule has 0 radical (unpaired) electrons. The average Bonchev–Trinajstić information content (AvgIpc) is 1.96. The molecule has 1 saturated heterocycles. The molecule has 0 aromatic heterocycles. The lowest BCUT2D eigenvalue weighted by Crippen LogP contribution is -2.52. The van der Waals surface area contributed by atoms with Crippen LogP contribution in [0.2, 0.25) is 0 Å². The van der Waals surface area contributed by atoms with Crippen molar-refractivity contribution in [3.05, 3.63) is 10.4 Å². The number of hydrogen-bond acceptors (Lipinski definition) is 3. The smallest absolute Gasteiger partial charge is 0.236 e. The molecule has 0 aromatic carbocycles. The quantitative estimate of drug-likeness (QED) is 0.337. The lowest BCUT2D eigenvalue weighted by atomic mass is 10.1. The predicted octanol–water partition coefficient (Wildman–Crippen LogP) is 0.421. The molecular formula is C6H7N5O. The summed E-state index contributed by atoms with van der Waals surface area (Å²) in [4.78, 5) is 15.1. The maximum Gasteiger partial charge on any atom is 0.236 e. The van der Waals surface area contributed by atoms with Crippen LogP contribution in [0.15, 0.2) is 5.11 Å². The van der Waals surface area contributed by atoms with Gasteiger partial charge < -0.3 is 4.90 Å². The standard InChI is InChI=1S/C6H7N5O/c7-2-1-6(12)11-3-5(4-11)9-10-8/h5H,1,3-4H2. The number of carbonyl (C=O) groups is 1. The van der Waals surface area contributed by atoms with Crippen LogP contribution in [0.5, 0.6) is 0 Å². The number of nitriles is 1. The first-order valence-corrected chi connectivity index (χ1v) is 3.47. The summed E-state index contributed by atoms with van der Waals surface area (Å²) < 4.78 is 0. The molecule has 1 aliphatic rings. The monoisotopic (exact) mass is 165 g/mol. The zero-order valence-electron chi connectivity index (χ0n) is 6.34. The predicted molar refractivity (Wildman–Crippen MR) is 39.7 cm³/mol. The summed E-state index contributed by atoms with van der Waals surface area (Å²) in [6.45, 7) is 0.898. The van der Waals surface area contributed by atoms with E-state index in [1.165, 1.54) is 4.90 Å². The van der Waals surface area contributed by atoms with Crippen molar-refractivity contribution in [3.8, 4) is 6.07 Å². The van der Waals surface area contributed by atoms with Crippen LogP contribution in [-0.2, 0) is 4.79 Å². The normalized spacial score (nSPS) is 15.8. The molecule has 0 N–H and O–H groups in total. The second-order valence-electron chi connectivity index (χ2n) is 2.49. The molecule has 1 aliphatic heterocycles. The van der Waals surface area contributed by atoms with Gasteiger partial charge in [-0.25, -0.2) is 0 Å². The highest BCUT2D eigenvalue weighted by molar-refractivity contribution is 5.79. The molecule has 1 fully saturated rings. The van der Waals surface area contributed by atoms with E-state index in [0.29, 0.717) is 13.1 Å². The van der Waals surface area contributed by atoms with E-state index in [2.05, 4.69) is 10.0 Å². The molecule has 0 aromatic rings. The molecule has 0 spiro atoms. The average molecular weight is 165 g/mol. The second-order valence-corrected chi connectivity index (χ2v) is 2.49. The van der Waals surface area contributed by atoms with E-state index in [1.807, 2.05) is 0 Å². The van der Waals surface area contributed by atoms with Crippen molar-refractivity contribution in [1.82, 2.24) is 4.90 Å². The Balaban J connectivity index is 2.30. The van der Waals surface area contributed by atoms with Crippen molar-refractivity contribution in [1.29, 1.82) is 5.26 Å². The first-order chi connectivity index (χ1) is 5.77. The fourth-order valence-corrected chi connectivity index (χ4v) is 0.984. The summed E-state index contributed by atoms with van der Waals surface area (Å²) in [6.07, 6.45) is -0.0943. The molecule has 12 heavy (non-hydrogen) atoms. The SMILES string of the molecule is N#CCC(=O)N1CC(N=[N+]=[N-])C1. The lowest BCUT2D eigenvalue weighted by molar-refractivity contribution is -0.134. The fourth-order valence-electron chi connectivity index (χ4n) is 0.984. The summed E-state index contributed by atoms with van der Waals surface area (Å²) in [5, 5.41) is 11.6. The molecule has 6 nitrogen and oxygen atoms in total. The van der Waals surface area contributed by atoms with Gasteiger partial charge in [-0.3, -0.25) is 4.79 Å². The number of hydrogen-bond donors (Lipinski definition) is 0. The van der Waals surface area contributed by atoms with Crippen LogP contribution in [0.25, 0.3) is 10.4 Å². The minimum atomic E-state index is -0.193. The number of carbonyl (C=O) groups excluding carboxylic acids is 1. The summed E-state index contributed by atoms with van der Waals surface area (Å²) in [5.41, 5.74) is 8.03. The molecule has 0 atom stereocenters. The lowest BCUT2D eigenvalue weighted by Gasteiger charge is -2.35.